The van der Waals surface area contributed by atoms with Gasteiger partial charge in [0, 0.05) is 25.7 Å². The first-order valence-corrected chi connectivity index (χ1v) is 8.91. The number of hydrogen-bond acceptors (Lipinski definition) is 7. The van der Waals surface area contributed by atoms with Gasteiger partial charge in [-0.2, -0.15) is 0 Å². The lowest BCUT2D eigenvalue weighted by Gasteiger charge is -2.09. The lowest BCUT2D eigenvalue weighted by atomic mass is 10.5. The van der Waals surface area contributed by atoms with Crippen molar-refractivity contribution < 1.29 is 8.42 Å². The summed E-state index contributed by atoms with van der Waals surface area (Å²) in [5.41, 5.74) is 0. The SMILES string of the molecule is CCNc1cc(NCCNS(C)(=O)=O)nc(SC)n1. The summed E-state index contributed by atoms with van der Waals surface area (Å²) in [5.74, 6) is 1.42. The highest BCUT2D eigenvalue weighted by Gasteiger charge is 2.04. The summed E-state index contributed by atoms with van der Waals surface area (Å²) in [6.45, 7) is 3.54. The minimum atomic E-state index is -3.15. The molecule has 7 nitrogen and oxygen atoms in total. The molecule has 0 bridgehead atoms. The Labute approximate surface area is 118 Å². The Morgan fingerprint density at radius 3 is 2.37 bits per heavy atom. The van der Waals surface area contributed by atoms with Crippen LogP contribution in [0.1, 0.15) is 6.92 Å². The average Bonchev–Trinajstić information content (AvgIpc) is 2.34. The first kappa shape index (κ1) is 16.0. The largest absolute Gasteiger partial charge is 0.370 e. The van der Waals surface area contributed by atoms with Crippen LogP contribution in [0.4, 0.5) is 11.6 Å². The highest BCUT2D eigenvalue weighted by molar-refractivity contribution is 7.98. The normalized spacial score (nSPS) is 11.3. The predicted octanol–water partition coefficient (Wildman–Crippen LogP) is 0.591. The van der Waals surface area contributed by atoms with E-state index in [1.807, 2.05) is 13.2 Å². The van der Waals surface area contributed by atoms with Crippen molar-refractivity contribution in [1.29, 1.82) is 0 Å². The summed E-state index contributed by atoms with van der Waals surface area (Å²) in [6, 6.07) is 1.80. The second kappa shape index (κ2) is 7.51. The molecule has 19 heavy (non-hydrogen) atoms. The molecule has 0 aliphatic rings. The van der Waals surface area contributed by atoms with Crippen LogP contribution >= 0.6 is 11.8 Å². The zero-order valence-electron chi connectivity index (χ0n) is 11.2. The second-order valence-electron chi connectivity index (χ2n) is 3.75. The molecule has 9 heteroatoms. The number of thioether (sulfide) groups is 1. The van der Waals surface area contributed by atoms with Gasteiger partial charge in [-0.05, 0) is 13.2 Å². The summed E-state index contributed by atoms with van der Waals surface area (Å²) >= 11 is 1.45. The lowest BCUT2D eigenvalue weighted by Crippen LogP contribution is -2.27. The Morgan fingerprint density at radius 2 is 1.84 bits per heavy atom. The quantitative estimate of drug-likeness (QED) is 0.367. The van der Waals surface area contributed by atoms with Crippen LogP contribution in [-0.2, 0) is 10.0 Å². The number of rotatable bonds is 8. The van der Waals surface area contributed by atoms with Crippen molar-refractivity contribution in [2.24, 2.45) is 0 Å². The van der Waals surface area contributed by atoms with E-state index in [-0.39, 0.29) is 0 Å². The molecule has 0 saturated heterocycles. The van der Waals surface area contributed by atoms with E-state index in [9.17, 15) is 8.42 Å². The van der Waals surface area contributed by atoms with E-state index >= 15 is 0 Å². The summed E-state index contributed by atoms with van der Waals surface area (Å²) in [5, 5.41) is 6.84. The maximum absolute atomic E-state index is 10.9. The Morgan fingerprint density at radius 1 is 1.21 bits per heavy atom. The molecule has 108 valence electrons. The number of nitrogens with one attached hydrogen (secondary N) is 3. The van der Waals surface area contributed by atoms with Crippen LogP contribution in [-0.4, -0.2) is 50.5 Å². The molecule has 3 N–H and O–H groups in total. The van der Waals surface area contributed by atoms with E-state index in [1.165, 1.54) is 11.8 Å². The molecular formula is C10H19N5O2S2. The van der Waals surface area contributed by atoms with Crippen LogP contribution in [0.3, 0.4) is 0 Å². The van der Waals surface area contributed by atoms with Crippen LogP contribution in [0.15, 0.2) is 11.2 Å². The maximum atomic E-state index is 10.9. The van der Waals surface area contributed by atoms with E-state index in [0.717, 1.165) is 18.6 Å². The molecule has 1 rings (SSSR count). The van der Waals surface area contributed by atoms with E-state index in [2.05, 4.69) is 25.3 Å². The molecule has 0 radical (unpaired) electrons. The van der Waals surface area contributed by atoms with Crippen molar-refractivity contribution in [2.75, 3.05) is 42.8 Å². The molecule has 0 aromatic carbocycles. The summed E-state index contributed by atoms with van der Waals surface area (Å²) in [4.78, 5) is 8.59. The first-order valence-electron chi connectivity index (χ1n) is 5.80. The van der Waals surface area contributed by atoms with Gasteiger partial charge in [0.15, 0.2) is 5.16 Å². The zero-order chi connectivity index (χ0) is 14.3. The van der Waals surface area contributed by atoms with E-state index in [4.69, 9.17) is 0 Å². The van der Waals surface area contributed by atoms with Gasteiger partial charge in [-0.15, -0.1) is 0 Å². The predicted molar refractivity (Wildman–Crippen MR) is 79.3 cm³/mol. The minimum Gasteiger partial charge on any atom is -0.370 e. The van der Waals surface area contributed by atoms with Crippen molar-refractivity contribution in [2.45, 2.75) is 12.1 Å². The molecule has 0 aliphatic heterocycles. The topological polar surface area (TPSA) is 96.0 Å². The van der Waals surface area contributed by atoms with Crippen molar-refractivity contribution in [3.8, 4) is 0 Å². The molecular weight excluding hydrogens is 286 g/mol. The van der Waals surface area contributed by atoms with Gasteiger partial charge in [0.2, 0.25) is 10.0 Å². The molecule has 1 aromatic rings. The number of anilines is 2. The monoisotopic (exact) mass is 305 g/mol. The van der Waals surface area contributed by atoms with Gasteiger partial charge in [0.1, 0.15) is 11.6 Å². The molecule has 1 aromatic heterocycles. The second-order valence-corrected chi connectivity index (χ2v) is 6.36. The molecule has 0 saturated carbocycles. The Hall–Kier alpha value is -1.06. The summed E-state index contributed by atoms with van der Waals surface area (Å²) < 4.78 is 24.2. The number of hydrogen-bond donors (Lipinski definition) is 3. The van der Waals surface area contributed by atoms with Gasteiger partial charge >= 0.3 is 0 Å². The third-order valence-electron chi connectivity index (χ3n) is 2.04. The molecule has 0 spiro atoms. The number of nitrogens with zero attached hydrogens (tertiary/aromatic N) is 2. The molecule has 0 atom stereocenters. The molecule has 0 amide bonds. The minimum absolute atomic E-state index is 0.313. The van der Waals surface area contributed by atoms with Gasteiger partial charge in [-0.25, -0.2) is 23.1 Å². The van der Waals surface area contributed by atoms with E-state index < -0.39 is 10.0 Å². The third-order valence-corrected chi connectivity index (χ3v) is 3.32. The molecule has 0 fully saturated rings. The molecule has 0 aliphatic carbocycles. The van der Waals surface area contributed by atoms with Gasteiger partial charge in [0.05, 0.1) is 6.26 Å². The van der Waals surface area contributed by atoms with Gasteiger partial charge < -0.3 is 10.6 Å². The van der Waals surface area contributed by atoms with Crippen LogP contribution in [0.25, 0.3) is 0 Å². The lowest BCUT2D eigenvalue weighted by molar-refractivity contribution is 0.589. The van der Waals surface area contributed by atoms with Crippen LogP contribution in [0, 0.1) is 0 Å². The summed E-state index contributed by atoms with van der Waals surface area (Å²) in [6.07, 6.45) is 3.03. The Bertz CT molecular complexity index is 507. The van der Waals surface area contributed by atoms with E-state index in [0.29, 0.717) is 24.1 Å². The van der Waals surface area contributed by atoms with Gasteiger partial charge in [0.25, 0.3) is 0 Å². The highest BCUT2D eigenvalue weighted by Crippen LogP contribution is 2.16. The fourth-order valence-electron chi connectivity index (χ4n) is 1.31. The average molecular weight is 305 g/mol. The Balaban J connectivity index is 2.59. The first-order chi connectivity index (χ1) is 8.94. The fourth-order valence-corrected chi connectivity index (χ4v) is 2.16. The Kier molecular flexibility index (Phi) is 6.32. The van der Waals surface area contributed by atoms with Gasteiger partial charge in [-0.1, -0.05) is 11.8 Å². The maximum Gasteiger partial charge on any atom is 0.208 e. The number of aromatic nitrogens is 2. The van der Waals surface area contributed by atoms with Crippen LogP contribution in [0.2, 0.25) is 0 Å². The summed E-state index contributed by atoms with van der Waals surface area (Å²) in [7, 11) is -3.15. The fraction of sp³-hybridized carbons (Fsp3) is 0.600. The highest BCUT2D eigenvalue weighted by atomic mass is 32.2. The standard InChI is InChI=1S/C10H19N5O2S2/c1-4-11-8-7-9(15-10(14-8)18-2)12-5-6-13-19(3,16)17/h7,13H,4-6H2,1-3H3,(H2,11,12,14,15). The van der Waals surface area contributed by atoms with Crippen molar-refractivity contribution >= 4 is 33.4 Å². The van der Waals surface area contributed by atoms with Gasteiger partial charge in [-0.3, -0.25) is 0 Å². The number of sulfonamides is 1. The molecule has 1 heterocycles. The van der Waals surface area contributed by atoms with Crippen molar-refractivity contribution in [3.63, 3.8) is 0 Å². The molecule has 0 unspecified atom stereocenters. The van der Waals surface area contributed by atoms with Crippen molar-refractivity contribution in [3.05, 3.63) is 6.07 Å². The van der Waals surface area contributed by atoms with Crippen molar-refractivity contribution in [1.82, 2.24) is 14.7 Å². The van der Waals surface area contributed by atoms with E-state index in [1.54, 1.807) is 6.07 Å². The zero-order valence-corrected chi connectivity index (χ0v) is 12.9. The smallest absolute Gasteiger partial charge is 0.208 e. The third kappa shape index (κ3) is 6.60. The van der Waals surface area contributed by atoms with Crippen LogP contribution in [0.5, 0.6) is 0 Å². The van der Waals surface area contributed by atoms with Crippen LogP contribution < -0.4 is 15.4 Å².